The van der Waals surface area contributed by atoms with E-state index in [1.54, 1.807) is 0 Å². The van der Waals surface area contributed by atoms with Crippen molar-refractivity contribution in [2.45, 2.75) is 33.1 Å². The molecule has 0 aliphatic heterocycles. The fraction of sp³-hybridized carbons (Fsp3) is 0.294. The Balaban J connectivity index is 2.36. The number of aryl methyl sites for hydroxylation is 3. The van der Waals surface area contributed by atoms with Crippen LogP contribution < -0.4 is 0 Å². The number of imidazole rings is 1. The Morgan fingerprint density at radius 1 is 1.05 bits per heavy atom. The summed E-state index contributed by atoms with van der Waals surface area (Å²) in [6.07, 6.45) is 1.82. The van der Waals surface area contributed by atoms with Gasteiger partial charge in [0.2, 0.25) is 0 Å². The van der Waals surface area contributed by atoms with Gasteiger partial charge in [0.05, 0.1) is 5.38 Å². The quantitative estimate of drug-likeness (QED) is 0.645. The van der Waals surface area contributed by atoms with Gasteiger partial charge < -0.3 is 0 Å². The summed E-state index contributed by atoms with van der Waals surface area (Å²) in [6, 6.07) is 8.34. The molecule has 0 radical (unpaired) electrons. The first-order chi connectivity index (χ1) is 9.99. The van der Waals surface area contributed by atoms with Crippen LogP contribution in [0.1, 0.15) is 34.8 Å². The van der Waals surface area contributed by atoms with Crippen molar-refractivity contribution in [2.24, 2.45) is 0 Å². The number of hydrogen-bond donors (Lipinski definition) is 0. The Kier molecular flexibility index (Phi) is 3.46. The number of benzene rings is 1. The average molecular weight is 300 g/mol. The number of alkyl halides is 1. The molecule has 0 N–H and O–H groups in total. The molecule has 1 unspecified atom stereocenters. The van der Waals surface area contributed by atoms with Crippen molar-refractivity contribution in [1.82, 2.24) is 14.5 Å². The minimum absolute atomic E-state index is 0.180. The zero-order valence-corrected chi connectivity index (χ0v) is 13.4. The molecule has 0 amide bonds. The molecule has 3 aromatic rings. The molecule has 0 bridgehead atoms. The summed E-state index contributed by atoms with van der Waals surface area (Å²) in [7, 11) is 0. The van der Waals surface area contributed by atoms with Crippen LogP contribution in [-0.2, 0) is 0 Å². The van der Waals surface area contributed by atoms with E-state index in [2.05, 4.69) is 41.6 Å². The molecule has 1 aromatic carbocycles. The van der Waals surface area contributed by atoms with Gasteiger partial charge in [-0.1, -0.05) is 6.07 Å². The lowest BCUT2D eigenvalue weighted by molar-refractivity contribution is 0.876. The van der Waals surface area contributed by atoms with Gasteiger partial charge in [-0.25, -0.2) is 9.97 Å². The first-order valence-corrected chi connectivity index (χ1v) is 7.48. The Labute approximate surface area is 129 Å². The van der Waals surface area contributed by atoms with Crippen LogP contribution in [0.4, 0.5) is 0 Å². The number of pyridine rings is 1. The van der Waals surface area contributed by atoms with Crippen LogP contribution in [-0.4, -0.2) is 14.5 Å². The Morgan fingerprint density at radius 2 is 1.81 bits per heavy atom. The van der Waals surface area contributed by atoms with E-state index < -0.39 is 0 Å². The molecular formula is C17H18ClN3. The van der Waals surface area contributed by atoms with Gasteiger partial charge in [0, 0.05) is 11.9 Å². The van der Waals surface area contributed by atoms with Gasteiger partial charge in [-0.3, -0.25) is 4.57 Å². The van der Waals surface area contributed by atoms with Crippen LogP contribution >= 0.6 is 11.6 Å². The van der Waals surface area contributed by atoms with Crippen LogP contribution in [0.2, 0.25) is 0 Å². The largest absolute Gasteiger partial charge is 0.279 e. The van der Waals surface area contributed by atoms with Crippen LogP contribution in [0.5, 0.6) is 0 Å². The van der Waals surface area contributed by atoms with Gasteiger partial charge in [0.25, 0.3) is 0 Å². The van der Waals surface area contributed by atoms with E-state index in [-0.39, 0.29) is 5.38 Å². The minimum atomic E-state index is -0.180. The minimum Gasteiger partial charge on any atom is -0.279 e. The topological polar surface area (TPSA) is 30.7 Å². The summed E-state index contributed by atoms with van der Waals surface area (Å²) >= 11 is 6.34. The highest BCUT2D eigenvalue weighted by atomic mass is 35.5. The molecule has 0 fully saturated rings. The van der Waals surface area contributed by atoms with Crippen molar-refractivity contribution in [1.29, 1.82) is 0 Å². The molecule has 2 aromatic heterocycles. The zero-order chi connectivity index (χ0) is 15.1. The third-order valence-corrected chi connectivity index (χ3v) is 4.07. The molecule has 2 heterocycles. The van der Waals surface area contributed by atoms with Crippen LogP contribution in [0.3, 0.4) is 0 Å². The van der Waals surface area contributed by atoms with Crippen LogP contribution in [0.25, 0.3) is 16.9 Å². The van der Waals surface area contributed by atoms with E-state index in [0.717, 1.165) is 28.2 Å². The van der Waals surface area contributed by atoms with E-state index in [1.165, 1.54) is 11.1 Å². The Hall–Kier alpha value is -1.87. The second-order valence-electron chi connectivity index (χ2n) is 5.49. The molecular weight excluding hydrogens is 282 g/mol. The first kappa shape index (κ1) is 14.1. The highest BCUT2D eigenvalue weighted by molar-refractivity contribution is 6.20. The standard InChI is InChI=1S/C17H18ClN3/c1-10-5-6-14(9-12(10)3)21-16(13(4)18)20-15-11(2)7-8-19-17(15)21/h5-9,13H,1-4H3. The maximum atomic E-state index is 6.34. The lowest BCUT2D eigenvalue weighted by atomic mass is 10.1. The van der Waals surface area contributed by atoms with Crippen molar-refractivity contribution in [3.63, 3.8) is 0 Å². The summed E-state index contributed by atoms with van der Waals surface area (Å²) in [5, 5.41) is -0.180. The van der Waals surface area contributed by atoms with E-state index in [9.17, 15) is 0 Å². The summed E-state index contributed by atoms with van der Waals surface area (Å²) in [5.41, 5.74) is 6.46. The van der Waals surface area contributed by atoms with Crippen molar-refractivity contribution in [3.8, 4) is 5.69 Å². The number of halogens is 1. The fourth-order valence-corrected chi connectivity index (χ4v) is 2.64. The summed E-state index contributed by atoms with van der Waals surface area (Å²) < 4.78 is 2.06. The third kappa shape index (κ3) is 2.32. The number of aromatic nitrogens is 3. The SMILES string of the molecule is Cc1ccc(-n2c(C(C)Cl)nc3c(C)ccnc32)cc1C. The van der Waals surface area contributed by atoms with Crippen molar-refractivity contribution in [2.75, 3.05) is 0 Å². The molecule has 0 aliphatic carbocycles. The van der Waals surface area contributed by atoms with Crippen LogP contribution in [0.15, 0.2) is 30.5 Å². The van der Waals surface area contributed by atoms with E-state index >= 15 is 0 Å². The summed E-state index contributed by atoms with van der Waals surface area (Å²) in [6.45, 7) is 8.21. The maximum absolute atomic E-state index is 6.34. The molecule has 1 atom stereocenters. The van der Waals surface area contributed by atoms with Gasteiger partial charge in [-0.2, -0.15) is 0 Å². The molecule has 0 saturated heterocycles. The molecule has 0 aliphatic rings. The Morgan fingerprint density at radius 3 is 2.48 bits per heavy atom. The highest BCUT2D eigenvalue weighted by Crippen LogP contribution is 2.29. The average Bonchev–Trinajstić information content (AvgIpc) is 2.83. The van der Waals surface area contributed by atoms with Gasteiger partial charge in [0.15, 0.2) is 5.65 Å². The zero-order valence-electron chi connectivity index (χ0n) is 12.7. The van der Waals surface area contributed by atoms with E-state index in [4.69, 9.17) is 16.6 Å². The van der Waals surface area contributed by atoms with Gasteiger partial charge in [-0.05, 0) is 62.6 Å². The number of rotatable bonds is 2. The highest BCUT2D eigenvalue weighted by Gasteiger charge is 2.18. The van der Waals surface area contributed by atoms with Crippen LogP contribution in [0, 0.1) is 20.8 Å². The monoisotopic (exact) mass is 299 g/mol. The molecule has 0 spiro atoms. The summed E-state index contributed by atoms with van der Waals surface area (Å²) in [5.74, 6) is 0.830. The molecule has 4 heteroatoms. The predicted molar refractivity (Wildman–Crippen MR) is 87.3 cm³/mol. The third-order valence-electron chi connectivity index (χ3n) is 3.88. The predicted octanol–water partition coefficient (Wildman–Crippen LogP) is 4.65. The molecule has 3 nitrogen and oxygen atoms in total. The van der Waals surface area contributed by atoms with Gasteiger partial charge >= 0.3 is 0 Å². The summed E-state index contributed by atoms with van der Waals surface area (Å²) in [4.78, 5) is 9.22. The lowest BCUT2D eigenvalue weighted by Gasteiger charge is -2.11. The maximum Gasteiger partial charge on any atom is 0.164 e. The smallest absolute Gasteiger partial charge is 0.164 e. The first-order valence-electron chi connectivity index (χ1n) is 7.04. The molecule has 0 saturated carbocycles. The number of nitrogens with zero attached hydrogens (tertiary/aromatic N) is 3. The fourth-order valence-electron chi connectivity index (χ4n) is 2.50. The van der Waals surface area contributed by atoms with Crippen molar-refractivity contribution >= 4 is 22.8 Å². The molecule has 108 valence electrons. The van der Waals surface area contributed by atoms with E-state index in [0.29, 0.717) is 0 Å². The number of fused-ring (bicyclic) bond motifs is 1. The normalized spacial score (nSPS) is 12.8. The van der Waals surface area contributed by atoms with Gasteiger partial charge in [0.1, 0.15) is 11.3 Å². The second kappa shape index (κ2) is 5.15. The van der Waals surface area contributed by atoms with Gasteiger partial charge in [-0.15, -0.1) is 11.6 Å². The van der Waals surface area contributed by atoms with Crippen molar-refractivity contribution < 1.29 is 0 Å². The molecule has 21 heavy (non-hydrogen) atoms. The second-order valence-corrected chi connectivity index (χ2v) is 6.14. The Bertz CT molecular complexity index is 818. The van der Waals surface area contributed by atoms with E-state index in [1.807, 2.05) is 26.1 Å². The van der Waals surface area contributed by atoms with Crippen molar-refractivity contribution in [3.05, 3.63) is 53.0 Å². The number of hydrogen-bond acceptors (Lipinski definition) is 2. The lowest BCUT2D eigenvalue weighted by Crippen LogP contribution is -2.03. The molecule has 3 rings (SSSR count).